The number of rotatable bonds is 5. The Balaban J connectivity index is 1.62. The van der Waals surface area contributed by atoms with E-state index in [2.05, 4.69) is 4.72 Å². The lowest BCUT2D eigenvalue weighted by Gasteiger charge is -2.37. The van der Waals surface area contributed by atoms with Gasteiger partial charge in [-0.1, -0.05) is 0 Å². The summed E-state index contributed by atoms with van der Waals surface area (Å²) >= 11 is 0. The van der Waals surface area contributed by atoms with Crippen molar-refractivity contribution < 1.29 is 27.4 Å². The molecule has 9 heteroatoms. The first-order chi connectivity index (χ1) is 12.8. The second-order valence-electron chi connectivity index (χ2n) is 6.90. The van der Waals surface area contributed by atoms with Crippen LogP contribution >= 0.6 is 0 Å². The van der Waals surface area contributed by atoms with Crippen LogP contribution in [0.15, 0.2) is 17.0 Å². The smallest absolute Gasteiger partial charge is 0.244 e. The molecule has 2 aliphatic rings. The van der Waals surface area contributed by atoms with Crippen LogP contribution in [-0.4, -0.2) is 65.0 Å². The zero-order chi connectivity index (χ0) is 19.7. The molecule has 1 amide bonds. The molecule has 8 nitrogen and oxygen atoms in total. The highest BCUT2D eigenvalue weighted by Crippen LogP contribution is 2.31. The first kappa shape index (κ1) is 20.1. The maximum Gasteiger partial charge on any atom is 0.244 e. The lowest BCUT2D eigenvalue weighted by molar-refractivity contribution is -0.187. The molecule has 2 saturated heterocycles. The third kappa shape index (κ3) is 4.26. The van der Waals surface area contributed by atoms with Crippen molar-refractivity contribution in [2.24, 2.45) is 0 Å². The number of nitrogens with zero attached hydrogens (tertiary/aromatic N) is 1. The van der Waals surface area contributed by atoms with Gasteiger partial charge >= 0.3 is 0 Å². The highest BCUT2D eigenvalue weighted by molar-refractivity contribution is 7.89. The number of sulfonamides is 1. The molecule has 0 radical (unpaired) electrons. The lowest BCUT2D eigenvalue weighted by Crippen LogP contribution is -2.49. The predicted molar refractivity (Wildman–Crippen MR) is 98.1 cm³/mol. The monoisotopic (exact) mass is 398 g/mol. The third-order valence-electron chi connectivity index (χ3n) is 5.17. The molecule has 3 rings (SSSR count). The van der Waals surface area contributed by atoms with E-state index in [0.29, 0.717) is 39.1 Å². The lowest BCUT2D eigenvalue weighted by atomic mass is 10.0. The third-order valence-corrected chi connectivity index (χ3v) is 6.60. The molecule has 0 unspecified atom stereocenters. The van der Waals surface area contributed by atoms with Gasteiger partial charge < -0.3 is 19.1 Å². The summed E-state index contributed by atoms with van der Waals surface area (Å²) in [5.41, 5.74) is 1.76. The van der Waals surface area contributed by atoms with E-state index in [4.69, 9.17) is 14.2 Å². The van der Waals surface area contributed by atoms with Crippen LogP contribution in [0.1, 0.15) is 24.0 Å². The zero-order valence-corrected chi connectivity index (χ0v) is 16.7. The van der Waals surface area contributed by atoms with Crippen LogP contribution in [0.2, 0.25) is 0 Å². The number of amides is 1. The largest absolute Gasteiger partial charge is 0.495 e. The van der Waals surface area contributed by atoms with E-state index in [-0.39, 0.29) is 23.1 Å². The van der Waals surface area contributed by atoms with Gasteiger partial charge in [0.1, 0.15) is 10.6 Å². The first-order valence-corrected chi connectivity index (χ1v) is 10.5. The van der Waals surface area contributed by atoms with Gasteiger partial charge in [0, 0.05) is 25.9 Å². The van der Waals surface area contributed by atoms with Crippen LogP contribution in [0.4, 0.5) is 0 Å². The van der Waals surface area contributed by atoms with Crippen molar-refractivity contribution in [3.8, 4) is 5.75 Å². The Labute approximate surface area is 159 Å². The van der Waals surface area contributed by atoms with Gasteiger partial charge in [-0.05, 0) is 37.1 Å². The highest BCUT2D eigenvalue weighted by Gasteiger charge is 2.40. The molecular weight excluding hydrogens is 372 g/mol. The Morgan fingerprint density at radius 2 is 1.78 bits per heavy atom. The van der Waals surface area contributed by atoms with Crippen LogP contribution in [-0.2, 0) is 24.3 Å². The van der Waals surface area contributed by atoms with Gasteiger partial charge in [-0.2, -0.15) is 0 Å². The number of benzene rings is 1. The number of methoxy groups -OCH3 is 1. The number of aryl methyl sites for hydroxylation is 2. The minimum atomic E-state index is -3.87. The Morgan fingerprint density at radius 3 is 2.37 bits per heavy atom. The molecule has 1 spiro atoms. The van der Waals surface area contributed by atoms with Gasteiger partial charge in [0.25, 0.3) is 0 Å². The fraction of sp³-hybridized carbons (Fsp3) is 0.611. The average molecular weight is 398 g/mol. The van der Waals surface area contributed by atoms with E-state index in [0.717, 1.165) is 11.1 Å². The number of hydrogen-bond donors (Lipinski definition) is 1. The van der Waals surface area contributed by atoms with E-state index >= 15 is 0 Å². The van der Waals surface area contributed by atoms with Crippen LogP contribution in [0.5, 0.6) is 5.75 Å². The molecular formula is C18H26N2O6S. The Hall–Kier alpha value is -1.68. The number of piperidine rings is 1. The predicted octanol–water partition coefficient (Wildman–Crippen LogP) is 0.956. The number of hydrogen-bond acceptors (Lipinski definition) is 6. The van der Waals surface area contributed by atoms with Gasteiger partial charge in [0.05, 0.1) is 26.9 Å². The van der Waals surface area contributed by atoms with Crippen molar-refractivity contribution in [1.82, 2.24) is 9.62 Å². The summed E-state index contributed by atoms with van der Waals surface area (Å²) in [5.74, 6) is -0.578. The van der Waals surface area contributed by atoms with Crippen molar-refractivity contribution >= 4 is 15.9 Å². The number of carbonyl (C=O) groups is 1. The molecule has 2 aliphatic heterocycles. The van der Waals surface area contributed by atoms with Crippen molar-refractivity contribution in [2.75, 3.05) is 40.0 Å². The molecule has 0 aromatic heterocycles. The average Bonchev–Trinajstić information content (AvgIpc) is 3.10. The standard InChI is InChI=1S/C18H26N2O6S/c1-13-10-15(24-3)16(11-14(13)2)27(22,23)19-12-17(21)20-6-4-18(5-7-20)25-8-9-26-18/h10-11,19H,4-9,12H2,1-3H3. The molecule has 0 aliphatic carbocycles. The van der Waals surface area contributed by atoms with E-state index in [1.165, 1.54) is 7.11 Å². The number of likely N-dealkylation sites (tertiary alicyclic amines) is 1. The molecule has 27 heavy (non-hydrogen) atoms. The van der Waals surface area contributed by atoms with Crippen molar-refractivity contribution in [2.45, 2.75) is 37.4 Å². The van der Waals surface area contributed by atoms with Gasteiger partial charge in [-0.15, -0.1) is 0 Å². The Bertz CT molecular complexity index is 807. The van der Waals surface area contributed by atoms with E-state index < -0.39 is 15.8 Å². The SMILES string of the molecule is COc1cc(C)c(C)cc1S(=O)(=O)NCC(=O)N1CCC2(CC1)OCCO2. The zero-order valence-electron chi connectivity index (χ0n) is 15.9. The molecule has 2 heterocycles. The van der Waals surface area contributed by atoms with Crippen molar-refractivity contribution in [3.05, 3.63) is 23.3 Å². The molecule has 150 valence electrons. The number of carbonyl (C=O) groups excluding carboxylic acids is 1. The van der Waals surface area contributed by atoms with Crippen LogP contribution in [0.3, 0.4) is 0 Å². The molecule has 1 N–H and O–H groups in total. The van der Waals surface area contributed by atoms with Crippen molar-refractivity contribution in [1.29, 1.82) is 0 Å². The number of nitrogens with one attached hydrogen (secondary N) is 1. The van der Waals surface area contributed by atoms with E-state index in [1.807, 2.05) is 13.8 Å². The maximum atomic E-state index is 12.7. The normalized spacial score (nSPS) is 19.4. The summed E-state index contributed by atoms with van der Waals surface area (Å²) in [4.78, 5) is 14.1. The topological polar surface area (TPSA) is 94.2 Å². The summed E-state index contributed by atoms with van der Waals surface area (Å²) in [5, 5.41) is 0. The maximum absolute atomic E-state index is 12.7. The van der Waals surface area contributed by atoms with Gasteiger partial charge in [0.15, 0.2) is 5.79 Å². The Morgan fingerprint density at radius 1 is 1.19 bits per heavy atom. The highest BCUT2D eigenvalue weighted by atomic mass is 32.2. The molecule has 1 aromatic carbocycles. The second kappa shape index (κ2) is 7.75. The minimum Gasteiger partial charge on any atom is -0.495 e. The van der Waals surface area contributed by atoms with Gasteiger partial charge in [-0.3, -0.25) is 4.79 Å². The van der Waals surface area contributed by atoms with E-state index in [1.54, 1.807) is 17.0 Å². The first-order valence-electron chi connectivity index (χ1n) is 8.97. The van der Waals surface area contributed by atoms with Crippen molar-refractivity contribution in [3.63, 3.8) is 0 Å². The fourth-order valence-electron chi connectivity index (χ4n) is 3.36. The van der Waals surface area contributed by atoms with Crippen LogP contribution in [0, 0.1) is 13.8 Å². The van der Waals surface area contributed by atoms with Gasteiger partial charge in [0.2, 0.25) is 15.9 Å². The fourth-order valence-corrected chi connectivity index (χ4v) is 4.57. The quantitative estimate of drug-likeness (QED) is 0.794. The van der Waals surface area contributed by atoms with Crippen LogP contribution < -0.4 is 9.46 Å². The molecule has 0 saturated carbocycles. The summed E-state index contributed by atoms with van der Waals surface area (Å²) in [6.45, 7) is 5.52. The second-order valence-corrected chi connectivity index (χ2v) is 8.64. The number of ether oxygens (including phenoxy) is 3. The summed E-state index contributed by atoms with van der Waals surface area (Å²) in [6.07, 6.45) is 1.19. The minimum absolute atomic E-state index is 0.0336. The van der Waals surface area contributed by atoms with E-state index in [9.17, 15) is 13.2 Å². The molecule has 2 fully saturated rings. The summed E-state index contributed by atoms with van der Waals surface area (Å²) < 4.78 is 44.2. The van der Waals surface area contributed by atoms with Gasteiger partial charge in [-0.25, -0.2) is 13.1 Å². The molecule has 0 atom stereocenters. The Kier molecular flexibility index (Phi) is 5.76. The molecule has 0 bridgehead atoms. The summed E-state index contributed by atoms with van der Waals surface area (Å²) in [6, 6.07) is 3.23. The van der Waals surface area contributed by atoms with Crippen LogP contribution in [0.25, 0.3) is 0 Å². The summed E-state index contributed by atoms with van der Waals surface area (Å²) in [7, 11) is -2.45. The molecule has 1 aromatic rings.